The van der Waals surface area contributed by atoms with E-state index in [1.807, 2.05) is 25.1 Å². The van der Waals surface area contributed by atoms with Crippen molar-refractivity contribution in [3.63, 3.8) is 0 Å². The first-order chi connectivity index (χ1) is 10.8. The predicted octanol–water partition coefficient (Wildman–Crippen LogP) is 2.48. The van der Waals surface area contributed by atoms with Crippen LogP contribution in [0.3, 0.4) is 0 Å². The van der Waals surface area contributed by atoms with Gasteiger partial charge in [-0.3, -0.25) is 4.79 Å². The molecule has 2 aromatic rings. The van der Waals surface area contributed by atoms with E-state index in [4.69, 9.17) is 16.2 Å². The van der Waals surface area contributed by atoms with E-state index in [0.717, 1.165) is 16.9 Å². The zero-order chi connectivity index (χ0) is 17.1. The van der Waals surface area contributed by atoms with E-state index < -0.39 is 5.91 Å². The number of amides is 1. The number of hydrogen-bond donors (Lipinski definition) is 2. The molecule has 0 unspecified atom stereocenters. The molecule has 122 valence electrons. The maximum absolute atomic E-state index is 11.6. The van der Waals surface area contributed by atoms with Crippen LogP contribution in [0.25, 0.3) is 0 Å². The number of benzene rings is 1. The van der Waals surface area contributed by atoms with Gasteiger partial charge in [-0.05, 0) is 37.0 Å². The van der Waals surface area contributed by atoms with Gasteiger partial charge in [0.2, 0.25) is 5.95 Å². The van der Waals surface area contributed by atoms with Crippen molar-refractivity contribution in [1.82, 2.24) is 9.97 Å². The number of carbonyl (C=O) groups excluding carboxylic acids is 1. The van der Waals surface area contributed by atoms with Gasteiger partial charge in [0, 0.05) is 0 Å². The third kappa shape index (κ3) is 3.77. The highest BCUT2D eigenvalue weighted by Crippen LogP contribution is 2.28. The van der Waals surface area contributed by atoms with Crippen molar-refractivity contribution < 1.29 is 9.53 Å². The number of nitrogens with two attached hydrogens (primary N) is 2. The van der Waals surface area contributed by atoms with Crippen molar-refractivity contribution in [1.29, 1.82) is 0 Å². The second-order valence-corrected chi connectivity index (χ2v) is 5.84. The molecule has 23 heavy (non-hydrogen) atoms. The lowest BCUT2D eigenvalue weighted by Gasteiger charge is -2.16. The molecule has 0 aliphatic rings. The Kier molecular flexibility index (Phi) is 4.83. The van der Waals surface area contributed by atoms with Crippen LogP contribution < -0.4 is 16.2 Å². The molecule has 0 saturated carbocycles. The third-order valence-electron chi connectivity index (χ3n) is 3.58. The molecule has 1 amide bonds. The minimum atomic E-state index is -0.588. The van der Waals surface area contributed by atoms with E-state index in [0.29, 0.717) is 17.3 Å². The summed E-state index contributed by atoms with van der Waals surface area (Å²) in [6, 6.07) is 6.06. The number of hydrogen-bond acceptors (Lipinski definition) is 5. The van der Waals surface area contributed by atoms with Crippen LogP contribution in [0.1, 0.15) is 52.6 Å². The normalized spacial score (nSPS) is 10.8. The first kappa shape index (κ1) is 16.7. The maximum atomic E-state index is 11.6. The Morgan fingerprint density at radius 1 is 1.26 bits per heavy atom. The van der Waals surface area contributed by atoms with E-state index >= 15 is 0 Å². The van der Waals surface area contributed by atoms with Gasteiger partial charge in [-0.2, -0.15) is 0 Å². The van der Waals surface area contributed by atoms with E-state index in [-0.39, 0.29) is 18.1 Å². The minimum Gasteiger partial charge on any atom is -0.487 e. The molecule has 0 fully saturated rings. The highest BCUT2D eigenvalue weighted by Gasteiger charge is 2.17. The highest BCUT2D eigenvalue weighted by atomic mass is 16.5. The zero-order valence-corrected chi connectivity index (χ0v) is 13.9. The first-order valence-corrected chi connectivity index (χ1v) is 7.45. The number of primary amides is 1. The van der Waals surface area contributed by atoms with E-state index in [2.05, 4.69) is 23.8 Å². The molecule has 0 spiro atoms. The molecule has 0 saturated heterocycles. The van der Waals surface area contributed by atoms with Crippen LogP contribution >= 0.6 is 0 Å². The topological polar surface area (TPSA) is 104 Å². The summed E-state index contributed by atoms with van der Waals surface area (Å²) in [5, 5.41) is 0. The van der Waals surface area contributed by atoms with E-state index in [1.165, 1.54) is 0 Å². The second kappa shape index (κ2) is 6.64. The van der Waals surface area contributed by atoms with Crippen LogP contribution in [0, 0.1) is 13.8 Å². The molecule has 6 heteroatoms. The third-order valence-corrected chi connectivity index (χ3v) is 3.58. The van der Waals surface area contributed by atoms with Crippen LogP contribution in [0.15, 0.2) is 18.2 Å². The summed E-state index contributed by atoms with van der Waals surface area (Å²) in [7, 11) is 0. The lowest BCUT2D eigenvalue weighted by Crippen LogP contribution is -2.20. The van der Waals surface area contributed by atoms with Crippen molar-refractivity contribution in [2.45, 2.75) is 40.2 Å². The Balaban J connectivity index is 2.35. The van der Waals surface area contributed by atoms with Crippen molar-refractivity contribution >= 4 is 11.9 Å². The predicted molar refractivity (Wildman–Crippen MR) is 89.3 cm³/mol. The van der Waals surface area contributed by atoms with Crippen LogP contribution in [0.2, 0.25) is 0 Å². The number of anilines is 1. The second-order valence-electron chi connectivity index (χ2n) is 5.84. The van der Waals surface area contributed by atoms with Crippen LogP contribution in [-0.4, -0.2) is 15.9 Å². The van der Waals surface area contributed by atoms with Crippen molar-refractivity contribution in [2.75, 3.05) is 5.73 Å². The van der Waals surface area contributed by atoms with Gasteiger partial charge in [0.15, 0.2) is 0 Å². The van der Waals surface area contributed by atoms with Crippen LogP contribution in [0.5, 0.6) is 5.75 Å². The average Bonchev–Trinajstić information content (AvgIpc) is 2.43. The lowest BCUT2D eigenvalue weighted by atomic mass is 10.0. The van der Waals surface area contributed by atoms with E-state index in [9.17, 15) is 4.79 Å². The Morgan fingerprint density at radius 3 is 2.57 bits per heavy atom. The fourth-order valence-electron chi connectivity index (χ4n) is 2.47. The van der Waals surface area contributed by atoms with Gasteiger partial charge in [-0.1, -0.05) is 26.0 Å². The van der Waals surface area contributed by atoms with Gasteiger partial charge < -0.3 is 16.2 Å². The maximum Gasteiger partial charge on any atom is 0.252 e. The van der Waals surface area contributed by atoms with Crippen molar-refractivity contribution in [3.8, 4) is 5.75 Å². The fraction of sp³-hybridized carbons (Fsp3) is 0.353. The molecule has 1 aromatic carbocycles. The SMILES string of the molecule is Cc1ccc(C(C)C)c(OCc2nc(N)nc(C)c2C(N)=O)c1. The lowest BCUT2D eigenvalue weighted by molar-refractivity contribution is 0.0996. The average molecular weight is 314 g/mol. The van der Waals surface area contributed by atoms with Gasteiger partial charge in [-0.25, -0.2) is 9.97 Å². The summed E-state index contributed by atoms with van der Waals surface area (Å²) >= 11 is 0. The molecular formula is C17H22N4O2. The molecule has 4 N–H and O–H groups in total. The molecule has 0 aliphatic carbocycles. The number of rotatable bonds is 5. The molecular weight excluding hydrogens is 292 g/mol. The Hall–Kier alpha value is -2.63. The minimum absolute atomic E-state index is 0.0967. The Labute approximate surface area is 135 Å². The molecule has 6 nitrogen and oxygen atoms in total. The number of aryl methyl sites for hydroxylation is 2. The highest BCUT2D eigenvalue weighted by molar-refractivity contribution is 5.95. The Morgan fingerprint density at radius 2 is 1.96 bits per heavy atom. The Bertz CT molecular complexity index is 742. The van der Waals surface area contributed by atoms with E-state index in [1.54, 1.807) is 6.92 Å². The largest absolute Gasteiger partial charge is 0.487 e. The van der Waals surface area contributed by atoms with Gasteiger partial charge >= 0.3 is 0 Å². The molecule has 0 aliphatic heterocycles. The quantitative estimate of drug-likeness (QED) is 0.882. The molecule has 0 atom stereocenters. The van der Waals surface area contributed by atoms with Gasteiger partial charge in [0.25, 0.3) is 5.91 Å². The molecule has 1 heterocycles. The summed E-state index contributed by atoms with van der Waals surface area (Å²) in [6.07, 6.45) is 0. The molecule has 0 radical (unpaired) electrons. The van der Waals surface area contributed by atoms with Gasteiger partial charge in [0.05, 0.1) is 17.0 Å². The molecule has 2 rings (SSSR count). The monoisotopic (exact) mass is 314 g/mol. The number of carbonyl (C=O) groups is 1. The smallest absolute Gasteiger partial charge is 0.252 e. The number of ether oxygens (including phenoxy) is 1. The number of aromatic nitrogens is 2. The summed E-state index contributed by atoms with van der Waals surface area (Å²) < 4.78 is 5.91. The van der Waals surface area contributed by atoms with Crippen LogP contribution in [-0.2, 0) is 6.61 Å². The fourth-order valence-corrected chi connectivity index (χ4v) is 2.47. The first-order valence-electron chi connectivity index (χ1n) is 7.45. The number of nitrogens with zero attached hydrogens (tertiary/aromatic N) is 2. The van der Waals surface area contributed by atoms with Gasteiger partial charge in [0.1, 0.15) is 12.4 Å². The van der Waals surface area contributed by atoms with Crippen molar-refractivity contribution in [2.24, 2.45) is 5.73 Å². The number of nitrogen functional groups attached to an aromatic ring is 1. The van der Waals surface area contributed by atoms with Gasteiger partial charge in [-0.15, -0.1) is 0 Å². The summed E-state index contributed by atoms with van der Waals surface area (Å²) in [4.78, 5) is 19.7. The van der Waals surface area contributed by atoms with Crippen LogP contribution in [0.4, 0.5) is 5.95 Å². The summed E-state index contributed by atoms with van der Waals surface area (Å²) in [5.41, 5.74) is 14.4. The summed E-state index contributed by atoms with van der Waals surface area (Å²) in [5.74, 6) is 0.595. The summed E-state index contributed by atoms with van der Waals surface area (Å²) in [6.45, 7) is 7.97. The molecule has 1 aromatic heterocycles. The van der Waals surface area contributed by atoms with Crippen molar-refractivity contribution in [3.05, 3.63) is 46.3 Å². The zero-order valence-electron chi connectivity index (χ0n) is 13.9. The standard InChI is InChI=1S/C17H22N4O2/c1-9(2)12-6-5-10(3)7-14(12)23-8-13-15(16(18)22)11(4)20-17(19)21-13/h5-7,9H,8H2,1-4H3,(H2,18,22)(H2,19,20,21). The molecule has 0 bridgehead atoms.